The number of hydrogen-bond donors (Lipinski definition) is 0. The Morgan fingerprint density at radius 3 is 2.50 bits per heavy atom. The molecule has 0 aromatic heterocycles. The summed E-state index contributed by atoms with van der Waals surface area (Å²) in [5.41, 5.74) is 0. The molecule has 0 aromatic carbocycles. The van der Waals surface area contributed by atoms with E-state index < -0.39 is 0 Å². The molecule has 74 valence electrons. The van der Waals surface area contributed by atoms with Crippen LogP contribution in [-0.2, 0) is 14.3 Å². The Hall–Kier alpha value is -1.83. The van der Waals surface area contributed by atoms with Crippen LogP contribution in [0.15, 0.2) is 12.2 Å². The van der Waals surface area contributed by atoms with Gasteiger partial charge >= 0.3 is 0 Å². The fourth-order valence-electron chi connectivity index (χ4n) is 1.14. The summed E-state index contributed by atoms with van der Waals surface area (Å²) >= 11 is 0. The smallest absolute Gasteiger partial charge is 0.286 e. The van der Waals surface area contributed by atoms with Crippen LogP contribution in [0.1, 0.15) is 12.8 Å². The molecule has 5 nitrogen and oxygen atoms in total. The second-order valence-electron chi connectivity index (χ2n) is 2.81. The average molecular weight is 194 g/mol. The van der Waals surface area contributed by atoms with Gasteiger partial charge < -0.3 is 4.74 Å². The quantitative estimate of drug-likeness (QED) is 0.356. The SMILES string of the molecule is N#COCCCCN1C(=O)C=CC1=O. The van der Waals surface area contributed by atoms with Crippen LogP contribution in [0.25, 0.3) is 0 Å². The molecule has 0 aromatic rings. The van der Waals surface area contributed by atoms with Crippen molar-refractivity contribution in [2.24, 2.45) is 0 Å². The van der Waals surface area contributed by atoms with Crippen LogP contribution >= 0.6 is 0 Å². The van der Waals surface area contributed by atoms with Gasteiger partial charge in [0, 0.05) is 18.7 Å². The van der Waals surface area contributed by atoms with Gasteiger partial charge in [-0.25, -0.2) is 0 Å². The molecule has 5 heteroatoms. The first-order chi connectivity index (χ1) is 6.75. The molecule has 1 rings (SSSR count). The number of nitriles is 1. The summed E-state index contributed by atoms with van der Waals surface area (Å²) in [6.45, 7) is 0.722. The molecule has 0 bridgehead atoms. The van der Waals surface area contributed by atoms with E-state index in [-0.39, 0.29) is 11.8 Å². The Labute approximate surface area is 81.6 Å². The molecule has 0 atom stereocenters. The maximum Gasteiger partial charge on any atom is 0.286 e. The van der Waals surface area contributed by atoms with Crippen LogP contribution in [0, 0.1) is 11.5 Å². The van der Waals surface area contributed by atoms with Gasteiger partial charge in [-0.2, -0.15) is 5.26 Å². The fourth-order valence-corrected chi connectivity index (χ4v) is 1.14. The lowest BCUT2D eigenvalue weighted by atomic mass is 10.3. The highest BCUT2D eigenvalue weighted by Gasteiger charge is 2.21. The maximum absolute atomic E-state index is 11.0. The van der Waals surface area contributed by atoms with Crippen molar-refractivity contribution in [2.75, 3.05) is 13.2 Å². The molecule has 1 aliphatic heterocycles. The third-order valence-electron chi connectivity index (χ3n) is 1.84. The van der Waals surface area contributed by atoms with Gasteiger partial charge in [-0.05, 0) is 12.8 Å². The Balaban J connectivity index is 2.16. The minimum Gasteiger partial charge on any atom is -0.428 e. The summed E-state index contributed by atoms with van der Waals surface area (Å²) in [4.78, 5) is 23.3. The Kier molecular flexibility index (Phi) is 3.68. The van der Waals surface area contributed by atoms with Crippen LogP contribution in [0.5, 0.6) is 0 Å². The molecule has 1 heterocycles. The topological polar surface area (TPSA) is 70.4 Å². The first kappa shape index (κ1) is 10.3. The predicted octanol–water partition coefficient (Wildman–Crippen LogP) is 0.189. The largest absolute Gasteiger partial charge is 0.428 e. The number of carbonyl (C=O) groups is 2. The van der Waals surface area contributed by atoms with Gasteiger partial charge in [-0.1, -0.05) is 0 Å². The van der Waals surface area contributed by atoms with E-state index in [0.29, 0.717) is 26.0 Å². The van der Waals surface area contributed by atoms with Crippen molar-refractivity contribution in [3.63, 3.8) is 0 Å². The minimum absolute atomic E-state index is 0.267. The molecular weight excluding hydrogens is 184 g/mol. The van der Waals surface area contributed by atoms with Crippen molar-refractivity contribution >= 4 is 11.8 Å². The minimum atomic E-state index is -0.267. The maximum atomic E-state index is 11.0. The third kappa shape index (κ3) is 2.59. The number of rotatable bonds is 5. The van der Waals surface area contributed by atoms with Gasteiger partial charge in [0.2, 0.25) is 0 Å². The summed E-state index contributed by atoms with van der Waals surface area (Å²) in [6, 6.07) is 0. The molecule has 1 aliphatic rings. The fraction of sp³-hybridized carbons (Fsp3) is 0.444. The summed E-state index contributed by atoms with van der Waals surface area (Å²) in [5, 5.41) is 8.06. The highest BCUT2D eigenvalue weighted by atomic mass is 16.5. The van der Waals surface area contributed by atoms with Gasteiger partial charge in [0.15, 0.2) is 0 Å². The number of amides is 2. The Morgan fingerprint density at radius 1 is 1.29 bits per heavy atom. The molecular formula is C9H10N2O3. The van der Waals surface area contributed by atoms with Crippen molar-refractivity contribution in [3.05, 3.63) is 12.2 Å². The molecule has 0 unspecified atom stereocenters. The van der Waals surface area contributed by atoms with Crippen LogP contribution in [0.4, 0.5) is 0 Å². The highest BCUT2D eigenvalue weighted by molar-refractivity contribution is 6.12. The van der Waals surface area contributed by atoms with Crippen molar-refractivity contribution < 1.29 is 14.3 Å². The summed E-state index contributed by atoms with van der Waals surface area (Å²) < 4.78 is 4.45. The lowest BCUT2D eigenvalue weighted by molar-refractivity contribution is -0.136. The van der Waals surface area contributed by atoms with E-state index in [1.54, 1.807) is 6.26 Å². The van der Waals surface area contributed by atoms with Crippen LogP contribution in [-0.4, -0.2) is 29.9 Å². The Bertz CT molecular complexity index is 286. The molecule has 0 fully saturated rings. The van der Waals surface area contributed by atoms with Gasteiger partial charge in [-0.3, -0.25) is 14.5 Å². The average Bonchev–Trinajstić information content (AvgIpc) is 2.48. The van der Waals surface area contributed by atoms with E-state index in [4.69, 9.17) is 5.26 Å². The Morgan fingerprint density at radius 2 is 1.93 bits per heavy atom. The standard InChI is InChI=1S/C9H10N2O3/c10-7-14-6-2-1-5-11-8(12)3-4-9(11)13/h3-4H,1-2,5-6H2. The lowest BCUT2D eigenvalue weighted by Crippen LogP contribution is -2.30. The van der Waals surface area contributed by atoms with E-state index >= 15 is 0 Å². The summed E-state index contributed by atoms with van der Waals surface area (Å²) in [6.07, 6.45) is 5.38. The second kappa shape index (κ2) is 5.02. The van der Waals surface area contributed by atoms with Gasteiger partial charge in [-0.15, -0.1) is 0 Å². The molecule has 0 N–H and O–H groups in total. The first-order valence-electron chi connectivity index (χ1n) is 4.30. The number of imide groups is 1. The van der Waals surface area contributed by atoms with Crippen LogP contribution in [0.3, 0.4) is 0 Å². The normalized spacial score (nSPS) is 14.6. The van der Waals surface area contributed by atoms with Crippen LogP contribution in [0.2, 0.25) is 0 Å². The van der Waals surface area contributed by atoms with Crippen molar-refractivity contribution in [2.45, 2.75) is 12.8 Å². The predicted molar refractivity (Wildman–Crippen MR) is 46.7 cm³/mol. The van der Waals surface area contributed by atoms with Crippen molar-refractivity contribution in [1.82, 2.24) is 4.90 Å². The molecule has 14 heavy (non-hydrogen) atoms. The van der Waals surface area contributed by atoms with E-state index in [1.165, 1.54) is 17.1 Å². The zero-order valence-corrected chi connectivity index (χ0v) is 7.60. The number of nitrogens with zero attached hydrogens (tertiary/aromatic N) is 2. The molecule has 2 amide bonds. The number of hydrogen-bond acceptors (Lipinski definition) is 4. The second-order valence-corrected chi connectivity index (χ2v) is 2.81. The summed E-state index contributed by atoms with van der Waals surface area (Å²) in [5.74, 6) is -0.535. The zero-order chi connectivity index (χ0) is 10.4. The zero-order valence-electron chi connectivity index (χ0n) is 7.60. The van der Waals surface area contributed by atoms with E-state index in [9.17, 15) is 9.59 Å². The first-order valence-corrected chi connectivity index (χ1v) is 4.30. The monoisotopic (exact) mass is 194 g/mol. The number of carbonyl (C=O) groups excluding carboxylic acids is 2. The van der Waals surface area contributed by atoms with Gasteiger partial charge in [0.05, 0.1) is 0 Å². The number of ether oxygens (including phenoxy) is 1. The molecule has 0 aliphatic carbocycles. The lowest BCUT2D eigenvalue weighted by Gasteiger charge is -2.12. The number of unbranched alkanes of at least 4 members (excludes halogenated alkanes) is 1. The van der Waals surface area contributed by atoms with E-state index in [2.05, 4.69) is 4.74 Å². The van der Waals surface area contributed by atoms with Crippen molar-refractivity contribution in [3.8, 4) is 6.26 Å². The molecule has 0 saturated heterocycles. The van der Waals surface area contributed by atoms with Gasteiger partial charge in [0.25, 0.3) is 18.1 Å². The highest BCUT2D eigenvalue weighted by Crippen LogP contribution is 2.05. The van der Waals surface area contributed by atoms with Crippen molar-refractivity contribution in [1.29, 1.82) is 5.26 Å². The van der Waals surface area contributed by atoms with Gasteiger partial charge in [0.1, 0.15) is 6.61 Å². The molecule has 0 radical (unpaired) electrons. The van der Waals surface area contributed by atoms with Crippen LogP contribution < -0.4 is 0 Å². The molecule has 0 spiro atoms. The van der Waals surface area contributed by atoms with E-state index in [0.717, 1.165) is 0 Å². The summed E-state index contributed by atoms with van der Waals surface area (Å²) in [7, 11) is 0. The van der Waals surface area contributed by atoms with E-state index in [1.807, 2.05) is 0 Å². The molecule has 0 saturated carbocycles. The third-order valence-corrected chi connectivity index (χ3v) is 1.84.